The molecule has 0 radical (unpaired) electrons. The van der Waals surface area contributed by atoms with Gasteiger partial charge in [0.05, 0.1) is 11.6 Å². The zero-order valence-electron chi connectivity index (χ0n) is 9.88. The van der Waals surface area contributed by atoms with Crippen molar-refractivity contribution in [2.24, 2.45) is 0 Å². The third kappa shape index (κ3) is 3.11. The fraction of sp³-hybridized carbons (Fsp3) is 0.143. The van der Waals surface area contributed by atoms with Crippen molar-refractivity contribution < 1.29 is 9.21 Å². The van der Waals surface area contributed by atoms with Gasteiger partial charge in [0.1, 0.15) is 5.58 Å². The van der Waals surface area contributed by atoms with E-state index in [1.54, 1.807) is 19.1 Å². The Morgan fingerprint density at radius 2 is 2.22 bits per heavy atom. The fourth-order valence-corrected chi connectivity index (χ4v) is 1.98. The first-order valence-corrected chi connectivity index (χ1v) is 6.47. The smallest absolute Gasteiger partial charge is 0.192 e. The lowest BCUT2D eigenvalue weighted by molar-refractivity contribution is -0.109. The zero-order chi connectivity index (χ0) is 13.0. The van der Waals surface area contributed by atoms with Crippen molar-refractivity contribution >= 4 is 33.9 Å². The van der Waals surface area contributed by atoms with Gasteiger partial charge >= 0.3 is 0 Å². The molecule has 0 fully saturated rings. The van der Waals surface area contributed by atoms with Crippen LogP contribution >= 0.6 is 11.8 Å². The minimum absolute atomic E-state index is 0.0513. The second-order valence-corrected chi connectivity index (χ2v) is 4.94. The molecule has 4 heteroatoms. The predicted octanol–water partition coefficient (Wildman–Crippen LogP) is 3.09. The maximum atomic E-state index is 11.6. The third-order valence-corrected chi connectivity index (χ3v) is 3.14. The lowest BCUT2D eigenvalue weighted by Crippen LogP contribution is -1.97. The average molecular weight is 260 g/mol. The first kappa shape index (κ1) is 12.6. The molecule has 0 unspecified atom stereocenters. The highest BCUT2D eigenvalue weighted by Gasteiger charge is 1.99. The Bertz CT molecular complexity index is 655. The quantitative estimate of drug-likeness (QED) is 0.850. The number of carbonyl (C=O) groups excluding carboxylic acids is 1. The van der Waals surface area contributed by atoms with Gasteiger partial charge < -0.3 is 4.42 Å². The van der Waals surface area contributed by atoms with Crippen molar-refractivity contribution in [2.75, 3.05) is 5.75 Å². The first-order valence-electron chi connectivity index (χ1n) is 5.48. The molecule has 0 amide bonds. The molecule has 2 rings (SSSR count). The molecule has 0 N–H and O–H groups in total. The molecule has 1 heterocycles. The third-order valence-electron chi connectivity index (χ3n) is 2.38. The van der Waals surface area contributed by atoms with Crippen LogP contribution in [-0.2, 0) is 4.79 Å². The van der Waals surface area contributed by atoms with Gasteiger partial charge in [-0.3, -0.25) is 9.59 Å². The van der Waals surface area contributed by atoms with Crippen LogP contribution in [0, 0.1) is 0 Å². The van der Waals surface area contributed by atoms with Gasteiger partial charge in [0.2, 0.25) is 0 Å². The highest BCUT2D eigenvalue weighted by Crippen LogP contribution is 2.13. The molecule has 0 aliphatic carbocycles. The molecule has 0 saturated heterocycles. The Hall–Kier alpha value is -1.81. The lowest BCUT2D eigenvalue weighted by atomic mass is 10.1. The number of benzene rings is 1. The summed E-state index contributed by atoms with van der Waals surface area (Å²) in [6.07, 6.45) is 5.18. The molecular weight excluding hydrogens is 248 g/mol. The Kier molecular flexibility index (Phi) is 3.99. The van der Waals surface area contributed by atoms with Crippen LogP contribution in [0.5, 0.6) is 0 Å². The lowest BCUT2D eigenvalue weighted by Gasteiger charge is -1.97. The van der Waals surface area contributed by atoms with Crippen molar-refractivity contribution in [3.8, 4) is 0 Å². The van der Waals surface area contributed by atoms with Gasteiger partial charge in [-0.05, 0) is 17.7 Å². The van der Waals surface area contributed by atoms with Crippen molar-refractivity contribution in [1.29, 1.82) is 0 Å². The number of carbonyl (C=O) groups is 1. The molecule has 0 bridgehead atoms. The molecule has 0 saturated carbocycles. The fourth-order valence-electron chi connectivity index (χ4n) is 1.56. The Morgan fingerprint density at radius 1 is 1.39 bits per heavy atom. The number of hydrogen-bond donors (Lipinski definition) is 0. The van der Waals surface area contributed by atoms with Crippen LogP contribution in [0.25, 0.3) is 17.0 Å². The van der Waals surface area contributed by atoms with E-state index in [1.807, 2.05) is 18.2 Å². The van der Waals surface area contributed by atoms with E-state index in [1.165, 1.54) is 24.1 Å². The second-order valence-electron chi connectivity index (χ2n) is 3.75. The standard InChI is InChI=1S/C14H12O3S/c1-10(15)18-8-2-3-11-4-5-14-12(9-11)13(16)6-7-17-14/h2-7,9H,8H2,1H3. The van der Waals surface area contributed by atoms with E-state index in [2.05, 4.69) is 0 Å². The molecule has 18 heavy (non-hydrogen) atoms. The van der Waals surface area contributed by atoms with Gasteiger partial charge in [-0.1, -0.05) is 30.0 Å². The van der Waals surface area contributed by atoms with E-state index >= 15 is 0 Å². The summed E-state index contributed by atoms with van der Waals surface area (Å²) in [7, 11) is 0. The summed E-state index contributed by atoms with van der Waals surface area (Å²) in [5, 5.41) is 0.665. The van der Waals surface area contributed by atoms with Crippen molar-refractivity contribution in [1.82, 2.24) is 0 Å². The Balaban J connectivity index is 2.22. The molecule has 1 aromatic carbocycles. The summed E-state index contributed by atoms with van der Waals surface area (Å²) in [6.45, 7) is 1.54. The first-order chi connectivity index (χ1) is 8.66. The Morgan fingerprint density at radius 3 is 3.00 bits per heavy atom. The molecule has 0 aliphatic heterocycles. The normalized spacial score (nSPS) is 11.2. The summed E-state index contributed by atoms with van der Waals surface area (Å²) in [5.74, 6) is 0.636. The van der Waals surface area contributed by atoms with E-state index in [0.717, 1.165) is 5.56 Å². The topological polar surface area (TPSA) is 47.3 Å². The van der Waals surface area contributed by atoms with Crippen molar-refractivity contribution in [2.45, 2.75) is 6.92 Å². The van der Waals surface area contributed by atoms with E-state index in [4.69, 9.17) is 4.42 Å². The SMILES string of the molecule is CC(=O)SCC=Cc1ccc2occc(=O)c2c1. The summed E-state index contributed by atoms with van der Waals surface area (Å²) < 4.78 is 5.23. The van der Waals surface area contributed by atoms with E-state index < -0.39 is 0 Å². The van der Waals surface area contributed by atoms with Crippen LogP contribution in [0.3, 0.4) is 0 Å². The van der Waals surface area contributed by atoms with E-state index in [0.29, 0.717) is 16.7 Å². The van der Waals surface area contributed by atoms with Gasteiger partial charge in [-0.15, -0.1) is 0 Å². The largest absolute Gasteiger partial charge is 0.464 e. The van der Waals surface area contributed by atoms with Crippen LogP contribution in [0.15, 0.2) is 45.8 Å². The summed E-state index contributed by atoms with van der Waals surface area (Å²) in [6, 6.07) is 6.84. The number of fused-ring (bicyclic) bond motifs is 1. The molecule has 1 aromatic heterocycles. The van der Waals surface area contributed by atoms with Gasteiger partial charge in [-0.25, -0.2) is 0 Å². The molecule has 3 nitrogen and oxygen atoms in total. The maximum absolute atomic E-state index is 11.6. The summed E-state index contributed by atoms with van der Waals surface area (Å²) in [5.41, 5.74) is 1.45. The van der Waals surface area contributed by atoms with Gasteiger partial charge in [0.15, 0.2) is 10.5 Å². The highest BCUT2D eigenvalue weighted by molar-refractivity contribution is 8.13. The molecule has 2 aromatic rings. The summed E-state index contributed by atoms with van der Waals surface area (Å²) >= 11 is 1.25. The van der Waals surface area contributed by atoms with Crippen LogP contribution in [0.4, 0.5) is 0 Å². The second kappa shape index (κ2) is 5.69. The van der Waals surface area contributed by atoms with Crippen molar-refractivity contribution in [3.63, 3.8) is 0 Å². The van der Waals surface area contributed by atoms with E-state index in [-0.39, 0.29) is 10.5 Å². The van der Waals surface area contributed by atoms with Crippen LogP contribution in [0.1, 0.15) is 12.5 Å². The average Bonchev–Trinajstić information content (AvgIpc) is 2.35. The minimum atomic E-state index is -0.0513. The summed E-state index contributed by atoms with van der Waals surface area (Å²) in [4.78, 5) is 22.4. The van der Waals surface area contributed by atoms with Gasteiger partial charge in [0, 0.05) is 18.7 Å². The highest BCUT2D eigenvalue weighted by atomic mass is 32.2. The molecular formula is C14H12O3S. The minimum Gasteiger partial charge on any atom is -0.464 e. The maximum Gasteiger partial charge on any atom is 0.192 e. The monoisotopic (exact) mass is 260 g/mol. The van der Waals surface area contributed by atoms with Crippen LogP contribution in [0.2, 0.25) is 0 Å². The van der Waals surface area contributed by atoms with Crippen molar-refractivity contribution in [3.05, 3.63) is 52.4 Å². The van der Waals surface area contributed by atoms with Gasteiger partial charge in [0.25, 0.3) is 0 Å². The van der Waals surface area contributed by atoms with Gasteiger partial charge in [-0.2, -0.15) is 0 Å². The number of hydrogen-bond acceptors (Lipinski definition) is 4. The van der Waals surface area contributed by atoms with Crippen LogP contribution in [-0.4, -0.2) is 10.9 Å². The molecule has 0 spiro atoms. The molecule has 0 atom stereocenters. The zero-order valence-corrected chi connectivity index (χ0v) is 10.7. The number of thioether (sulfide) groups is 1. The van der Waals surface area contributed by atoms with Crippen LogP contribution < -0.4 is 5.43 Å². The number of rotatable bonds is 3. The Labute approximate surface area is 108 Å². The molecule has 92 valence electrons. The van der Waals surface area contributed by atoms with E-state index in [9.17, 15) is 9.59 Å². The molecule has 0 aliphatic rings. The predicted molar refractivity (Wildman–Crippen MR) is 74.7 cm³/mol.